The number of Topliss-reactive ketones (excluding diaryl/α,β-unsaturated/α-hetero) is 1. The average Bonchev–Trinajstić information content (AvgIpc) is 2.42. The molecule has 0 spiro atoms. The molecule has 7 N–H and O–H groups in total. The van der Waals surface area contributed by atoms with Crippen LogP contribution in [0.2, 0.25) is 0 Å². The van der Waals surface area contributed by atoms with Gasteiger partial charge >= 0.3 is 17.9 Å². The molecular formula is C12H20N2O7S. The van der Waals surface area contributed by atoms with E-state index in [0.29, 0.717) is 0 Å². The molecule has 0 heterocycles. The van der Waals surface area contributed by atoms with E-state index in [0.717, 1.165) is 11.8 Å². The van der Waals surface area contributed by atoms with Gasteiger partial charge < -0.3 is 26.8 Å². The first-order valence-electron chi connectivity index (χ1n) is 6.44. The van der Waals surface area contributed by atoms with Crippen molar-refractivity contribution in [1.29, 1.82) is 0 Å². The molecule has 0 aliphatic rings. The number of nitrogens with two attached hydrogens (primary N) is 2. The molecule has 126 valence electrons. The van der Waals surface area contributed by atoms with Crippen molar-refractivity contribution in [1.82, 2.24) is 0 Å². The molecule has 22 heavy (non-hydrogen) atoms. The van der Waals surface area contributed by atoms with Crippen molar-refractivity contribution in [3.05, 3.63) is 0 Å². The van der Waals surface area contributed by atoms with Crippen LogP contribution in [0.5, 0.6) is 0 Å². The predicted octanol–water partition coefficient (Wildman–Crippen LogP) is -1.02. The molecule has 0 aliphatic carbocycles. The number of carbonyl (C=O) groups is 4. The van der Waals surface area contributed by atoms with Gasteiger partial charge in [-0.2, -0.15) is 11.8 Å². The standard InChI is InChI=1S/C12H20N2O7S/c13-8(11(18)19)2-1-7(15)3-6(10(16)17)4-22-5-9(14)12(20)21/h6,8-9H,1-5,13-14H2,(H,16,17)(H,18,19)(H,20,21)/t6-,8-,9+/m1/s1. The van der Waals surface area contributed by atoms with Crippen LogP contribution in [0, 0.1) is 5.92 Å². The SMILES string of the molecule is N[C@H](CCC(=O)C[C@H](CSC[C@H](N)C(=O)O)C(=O)O)C(=O)O. The predicted molar refractivity (Wildman–Crippen MR) is 78.5 cm³/mol. The summed E-state index contributed by atoms with van der Waals surface area (Å²) >= 11 is 1.04. The maximum Gasteiger partial charge on any atom is 0.321 e. The molecule has 3 atom stereocenters. The fraction of sp³-hybridized carbons (Fsp3) is 0.667. The highest BCUT2D eigenvalue weighted by molar-refractivity contribution is 7.99. The number of hydrogen-bond donors (Lipinski definition) is 5. The van der Waals surface area contributed by atoms with Crippen LogP contribution in [-0.2, 0) is 19.2 Å². The van der Waals surface area contributed by atoms with Crippen molar-refractivity contribution in [2.75, 3.05) is 11.5 Å². The van der Waals surface area contributed by atoms with Gasteiger partial charge in [0.25, 0.3) is 0 Å². The largest absolute Gasteiger partial charge is 0.481 e. The van der Waals surface area contributed by atoms with Gasteiger partial charge in [0.15, 0.2) is 0 Å². The van der Waals surface area contributed by atoms with Gasteiger partial charge in [0.1, 0.15) is 17.9 Å². The van der Waals surface area contributed by atoms with Crippen LogP contribution in [0.4, 0.5) is 0 Å². The summed E-state index contributed by atoms with van der Waals surface area (Å²) in [6.07, 6.45) is -0.426. The third-order valence-electron chi connectivity index (χ3n) is 2.81. The lowest BCUT2D eigenvalue weighted by Crippen LogP contribution is -2.33. The fourth-order valence-corrected chi connectivity index (χ4v) is 2.52. The van der Waals surface area contributed by atoms with Gasteiger partial charge in [-0.3, -0.25) is 19.2 Å². The summed E-state index contributed by atoms with van der Waals surface area (Å²) in [4.78, 5) is 43.7. The first-order valence-corrected chi connectivity index (χ1v) is 7.59. The molecule has 0 unspecified atom stereocenters. The second kappa shape index (κ2) is 10.1. The van der Waals surface area contributed by atoms with E-state index >= 15 is 0 Å². The Morgan fingerprint density at radius 3 is 1.86 bits per heavy atom. The normalized spacial score (nSPS) is 14.8. The summed E-state index contributed by atoms with van der Waals surface area (Å²) < 4.78 is 0. The molecular weight excluding hydrogens is 316 g/mol. The van der Waals surface area contributed by atoms with Gasteiger partial charge in [0, 0.05) is 24.3 Å². The second-order valence-corrected chi connectivity index (χ2v) is 5.82. The Kier molecular flexibility index (Phi) is 9.38. The van der Waals surface area contributed by atoms with E-state index in [1.165, 1.54) is 0 Å². The number of carboxylic acids is 3. The lowest BCUT2D eigenvalue weighted by Gasteiger charge is -2.13. The molecule has 0 aromatic heterocycles. The third-order valence-corrected chi connectivity index (χ3v) is 4.04. The number of carbonyl (C=O) groups excluding carboxylic acids is 1. The van der Waals surface area contributed by atoms with Crippen molar-refractivity contribution in [3.8, 4) is 0 Å². The molecule has 0 rings (SSSR count). The maximum atomic E-state index is 11.7. The molecule has 0 fully saturated rings. The smallest absolute Gasteiger partial charge is 0.321 e. The van der Waals surface area contributed by atoms with Crippen molar-refractivity contribution in [2.24, 2.45) is 17.4 Å². The lowest BCUT2D eigenvalue weighted by atomic mass is 10.0. The first kappa shape index (κ1) is 20.3. The highest BCUT2D eigenvalue weighted by atomic mass is 32.2. The number of hydrogen-bond acceptors (Lipinski definition) is 7. The van der Waals surface area contributed by atoms with E-state index in [4.69, 9.17) is 26.8 Å². The molecule has 0 aromatic carbocycles. The quantitative estimate of drug-likeness (QED) is 0.296. The fourth-order valence-electron chi connectivity index (χ4n) is 1.44. The third kappa shape index (κ3) is 8.60. The molecule has 0 aromatic rings. The van der Waals surface area contributed by atoms with Crippen LogP contribution in [0.15, 0.2) is 0 Å². The molecule has 9 nitrogen and oxygen atoms in total. The van der Waals surface area contributed by atoms with Crippen molar-refractivity contribution >= 4 is 35.5 Å². The summed E-state index contributed by atoms with van der Waals surface area (Å²) in [7, 11) is 0. The molecule has 0 bridgehead atoms. The maximum absolute atomic E-state index is 11.7. The number of aliphatic carboxylic acids is 3. The molecule has 0 aliphatic heterocycles. The number of thioether (sulfide) groups is 1. The van der Waals surface area contributed by atoms with Crippen molar-refractivity contribution in [3.63, 3.8) is 0 Å². The van der Waals surface area contributed by atoms with Gasteiger partial charge in [0.05, 0.1) is 5.92 Å². The summed E-state index contributed by atoms with van der Waals surface area (Å²) in [6.45, 7) is 0. The Morgan fingerprint density at radius 2 is 1.41 bits per heavy atom. The van der Waals surface area contributed by atoms with E-state index in [-0.39, 0.29) is 30.8 Å². The van der Waals surface area contributed by atoms with Gasteiger partial charge in [-0.15, -0.1) is 0 Å². The average molecular weight is 336 g/mol. The number of ketones is 1. The van der Waals surface area contributed by atoms with Crippen LogP contribution < -0.4 is 11.5 Å². The Bertz CT molecular complexity index is 430. The van der Waals surface area contributed by atoms with E-state index < -0.39 is 41.7 Å². The first-order chi connectivity index (χ1) is 10.1. The molecule has 0 saturated heterocycles. The zero-order valence-electron chi connectivity index (χ0n) is 11.8. The lowest BCUT2D eigenvalue weighted by molar-refractivity contribution is -0.143. The monoisotopic (exact) mass is 336 g/mol. The minimum Gasteiger partial charge on any atom is -0.481 e. The minimum absolute atomic E-state index is 0.0389. The van der Waals surface area contributed by atoms with Gasteiger partial charge in [-0.05, 0) is 6.42 Å². The van der Waals surface area contributed by atoms with Gasteiger partial charge in [-0.1, -0.05) is 0 Å². The second-order valence-electron chi connectivity index (χ2n) is 4.74. The molecule has 0 saturated carbocycles. The van der Waals surface area contributed by atoms with Crippen LogP contribution in [0.1, 0.15) is 19.3 Å². The highest BCUT2D eigenvalue weighted by Gasteiger charge is 2.23. The highest BCUT2D eigenvalue weighted by Crippen LogP contribution is 2.15. The number of carboxylic acid groups (broad SMARTS) is 3. The van der Waals surface area contributed by atoms with Crippen LogP contribution in [0.25, 0.3) is 0 Å². The summed E-state index contributed by atoms with van der Waals surface area (Å²) in [5, 5.41) is 26.2. The minimum atomic E-state index is -1.22. The Balaban J connectivity index is 4.23. The van der Waals surface area contributed by atoms with E-state index in [1.54, 1.807) is 0 Å². The zero-order chi connectivity index (χ0) is 17.3. The van der Waals surface area contributed by atoms with E-state index in [1.807, 2.05) is 0 Å². The van der Waals surface area contributed by atoms with Gasteiger partial charge in [-0.25, -0.2) is 0 Å². The summed E-state index contributed by atoms with van der Waals surface area (Å²) in [5.74, 6) is -4.86. The Labute approximate surface area is 131 Å². The molecule has 0 radical (unpaired) electrons. The van der Waals surface area contributed by atoms with E-state index in [2.05, 4.69) is 0 Å². The van der Waals surface area contributed by atoms with Crippen LogP contribution >= 0.6 is 11.8 Å². The molecule has 10 heteroatoms. The Morgan fingerprint density at radius 1 is 0.864 bits per heavy atom. The van der Waals surface area contributed by atoms with E-state index in [9.17, 15) is 19.2 Å². The van der Waals surface area contributed by atoms with Gasteiger partial charge in [0.2, 0.25) is 0 Å². The summed E-state index contributed by atoms with van der Waals surface area (Å²) in [5.41, 5.74) is 10.5. The van der Waals surface area contributed by atoms with Crippen LogP contribution in [0.3, 0.4) is 0 Å². The molecule has 0 amide bonds. The number of rotatable bonds is 12. The topological polar surface area (TPSA) is 181 Å². The Hall–Kier alpha value is -1.65. The van der Waals surface area contributed by atoms with Crippen molar-refractivity contribution < 1.29 is 34.5 Å². The zero-order valence-corrected chi connectivity index (χ0v) is 12.6. The summed E-state index contributed by atoms with van der Waals surface area (Å²) in [6, 6.07) is -2.25. The van der Waals surface area contributed by atoms with Crippen LogP contribution in [-0.4, -0.2) is 62.6 Å². The van der Waals surface area contributed by atoms with Crippen molar-refractivity contribution in [2.45, 2.75) is 31.3 Å².